The fourth-order valence-corrected chi connectivity index (χ4v) is 5.04. The lowest BCUT2D eigenvalue weighted by molar-refractivity contribution is -0.251. The van der Waals surface area contributed by atoms with Crippen molar-refractivity contribution in [1.29, 1.82) is 0 Å². The lowest BCUT2D eigenvalue weighted by Gasteiger charge is -2.44. The lowest BCUT2D eigenvalue weighted by atomic mass is 9.95. The zero-order chi connectivity index (χ0) is 36.3. The summed E-state index contributed by atoms with van der Waals surface area (Å²) < 4.78 is 29.4. The smallest absolute Gasteiger partial charge is 0.342 e. The molecule has 1 aliphatic heterocycles. The summed E-state index contributed by atoms with van der Waals surface area (Å²) in [6, 6.07) is 13.3. The largest absolute Gasteiger partial charge is 0.459 e. The molecular weight excluding hydrogens is 676 g/mol. The van der Waals surface area contributed by atoms with Gasteiger partial charge in [-0.1, -0.05) is 0 Å². The van der Waals surface area contributed by atoms with Crippen LogP contribution in [-0.2, 0) is 23.7 Å². The van der Waals surface area contributed by atoms with Crippen molar-refractivity contribution in [3.63, 3.8) is 0 Å². The van der Waals surface area contributed by atoms with Crippen molar-refractivity contribution in [2.75, 3.05) is 6.61 Å². The molecule has 0 radical (unpaired) electrons. The van der Waals surface area contributed by atoms with Gasteiger partial charge in [-0.25, -0.2) is 19.2 Å². The summed E-state index contributed by atoms with van der Waals surface area (Å²) in [4.78, 5) is 87.0. The summed E-state index contributed by atoms with van der Waals surface area (Å²) >= 11 is 0. The van der Waals surface area contributed by atoms with E-state index in [4.69, 9.17) is 23.7 Å². The predicted octanol–water partition coefficient (Wildman–Crippen LogP) is 2.65. The molecule has 1 fully saturated rings. The second kappa shape index (κ2) is 16.6. The Hall–Kier alpha value is -6.94. The summed E-state index contributed by atoms with van der Waals surface area (Å²) in [6.07, 6.45) is 7.17. The Bertz CT molecular complexity index is 1990. The van der Waals surface area contributed by atoms with E-state index >= 15 is 0 Å². The van der Waals surface area contributed by atoms with Crippen molar-refractivity contribution in [1.82, 2.24) is 30.2 Å². The summed E-state index contributed by atoms with van der Waals surface area (Å²) in [6.45, 7) is -0.607. The molecule has 0 unspecified atom stereocenters. The Morgan fingerprint density at radius 2 is 0.942 bits per heavy atom. The zero-order valence-corrected chi connectivity index (χ0v) is 27.0. The number of carbonyl (C=O) groups is 5. The predicted molar refractivity (Wildman–Crippen MR) is 175 cm³/mol. The molecule has 52 heavy (non-hydrogen) atoms. The molecule has 6 heterocycles. The highest BCUT2D eigenvalue weighted by molar-refractivity contribution is 5.94. The molecular formula is C36H28N6O10. The van der Waals surface area contributed by atoms with Gasteiger partial charge in [0.2, 0.25) is 6.29 Å². The topological polar surface area (TPSA) is 208 Å². The Morgan fingerprint density at radius 1 is 0.538 bits per heavy atom. The van der Waals surface area contributed by atoms with Gasteiger partial charge in [0.1, 0.15) is 18.8 Å². The Morgan fingerprint density at radius 3 is 1.38 bits per heavy atom. The maximum Gasteiger partial charge on any atom is 0.342 e. The van der Waals surface area contributed by atoms with Crippen LogP contribution in [0.1, 0.15) is 51.8 Å². The van der Waals surface area contributed by atoms with Crippen LogP contribution in [0.15, 0.2) is 123 Å². The molecule has 0 aromatic carbocycles. The number of hydrogen-bond donors (Lipinski definition) is 1. The highest BCUT2D eigenvalue weighted by Gasteiger charge is 2.53. The van der Waals surface area contributed by atoms with Gasteiger partial charge in [0, 0.05) is 62.0 Å². The number of ether oxygens (including phenoxy) is 5. The molecule has 0 bridgehead atoms. The average molecular weight is 705 g/mol. The second-order valence-electron chi connectivity index (χ2n) is 11.0. The zero-order valence-electron chi connectivity index (χ0n) is 27.0. The minimum Gasteiger partial charge on any atom is -0.459 e. The molecule has 1 N–H and O–H groups in total. The van der Waals surface area contributed by atoms with Gasteiger partial charge in [-0.3, -0.25) is 29.7 Å². The number of carbonyl (C=O) groups excluding carboxylic acids is 5. The van der Waals surface area contributed by atoms with E-state index in [0.29, 0.717) is 0 Å². The van der Waals surface area contributed by atoms with Crippen molar-refractivity contribution in [2.24, 2.45) is 0 Å². The van der Waals surface area contributed by atoms with E-state index in [1.807, 2.05) is 0 Å². The van der Waals surface area contributed by atoms with Crippen molar-refractivity contribution in [3.8, 4) is 0 Å². The van der Waals surface area contributed by atoms with Crippen LogP contribution >= 0.6 is 0 Å². The van der Waals surface area contributed by atoms with Gasteiger partial charge in [0.15, 0.2) is 12.2 Å². The standard InChI is InChI=1S/C36H28N6O10/c43-31(22-6-1-11-37-16-22)42-28-30(51-34(46)25-9-4-14-40-19-25)29(50-33(45)24-8-3-13-39-18-24)27(21-48-32(44)23-7-2-12-38-17-23)49-36(28)52-35(47)26-10-5-15-41-20-26/h1-20,27-30,36H,21H2,(H,42,43)/t27-,28-,29-,30-,36+/m1/s1. The van der Waals surface area contributed by atoms with E-state index in [1.54, 1.807) is 0 Å². The van der Waals surface area contributed by atoms with Crippen molar-refractivity contribution < 1.29 is 47.7 Å². The van der Waals surface area contributed by atoms with Crippen LogP contribution in [0.2, 0.25) is 0 Å². The van der Waals surface area contributed by atoms with Crippen LogP contribution < -0.4 is 5.32 Å². The van der Waals surface area contributed by atoms with Crippen molar-refractivity contribution >= 4 is 29.8 Å². The number of nitrogens with one attached hydrogen (secondary N) is 1. The molecule has 16 nitrogen and oxygen atoms in total. The molecule has 0 aliphatic carbocycles. The monoisotopic (exact) mass is 704 g/mol. The van der Waals surface area contributed by atoms with Gasteiger partial charge >= 0.3 is 23.9 Å². The third kappa shape index (κ3) is 8.61. The van der Waals surface area contributed by atoms with E-state index in [-0.39, 0.29) is 27.8 Å². The summed E-state index contributed by atoms with van der Waals surface area (Å²) in [5.74, 6) is -4.32. The summed E-state index contributed by atoms with van der Waals surface area (Å²) in [5.41, 5.74) is 0.243. The molecule has 1 aliphatic rings. The maximum atomic E-state index is 13.6. The second-order valence-corrected chi connectivity index (χ2v) is 11.0. The molecule has 1 amide bonds. The minimum absolute atomic E-state index is 0.00660. The van der Waals surface area contributed by atoms with E-state index < -0.39 is 67.0 Å². The molecule has 16 heteroatoms. The van der Waals surface area contributed by atoms with Gasteiger partial charge in [0.25, 0.3) is 5.91 Å². The highest BCUT2D eigenvalue weighted by Crippen LogP contribution is 2.30. The fourth-order valence-electron chi connectivity index (χ4n) is 5.04. The van der Waals surface area contributed by atoms with Gasteiger partial charge in [-0.2, -0.15) is 0 Å². The maximum absolute atomic E-state index is 13.6. The molecule has 0 saturated carbocycles. The molecule has 0 spiro atoms. The molecule has 5 aromatic heterocycles. The average Bonchev–Trinajstić information content (AvgIpc) is 3.20. The third-order valence-electron chi connectivity index (χ3n) is 7.54. The van der Waals surface area contributed by atoms with Crippen LogP contribution in [0.25, 0.3) is 0 Å². The molecule has 5 atom stereocenters. The molecule has 262 valence electrons. The van der Waals surface area contributed by atoms with Crippen LogP contribution in [0, 0.1) is 0 Å². The Labute approximate surface area is 295 Å². The Balaban J connectivity index is 1.41. The minimum atomic E-state index is -1.73. The number of rotatable bonds is 11. The number of hydrogen-bond acceptors (Lipinski definition) is 15. The van der Waals surface area contributed by atoms with Gasteiger partial charge in [0.05, 0.1) is 27.8 Å². The summed E-state index contributed by atoms with van der Waals surface area (Å²) in [5, 5.41) is 2.69. The molecule has 6 rings (SSSR count). The normalized spacial score (nSPS) is 19.3. The van der Waals surface area contributed by atoms with Crippen LogP contribution in [0.3, 0.4) is 0 Å². The van der Waals surface area contributed by atoms with Crippen LogP contribution in [-0.4, -0.2) is 92.0 Å². The Kier molecular flexibility index (Phi) is 11.2. The molecule has 1 saturated heterocycles. The number of esters is 4. The van der Waals surface area contributed by atoms with Gasteiger partial charge in [-0.05, 0) is 60.7 Å². The number of amides is 1. The van der Waals surface area contributed by atoms with Crippen LogP contribution in [0.4, 0.5) is 0 Å². The highest BCUT2D eigenvalue weighted by atomic mass is 16.7. The van der Waals surface area contributed by atoms with E-state index in [2.05, 4.69) is 30.2 Å². The van der Waals surface area contributed by atoms with Crippen LogP contribution in [0.5, 0.6) is 0 Å². The first-order valence-electron chi connectivity index (χ1n) is 15.6. The first-order valence-corrected chi connectivity index (χ1v) is 15.6. The van der Waals surface area contributed by atoms with E-state index in [0.717, 1.165) is 0 Å². The summed E-state index contributed by atoms with van der Waals surface area (Å²) in [7, 11) is 0. The first-order chi connectivity index (χ1) is 25.4. The lowest BCUT2D eigenvalue weighted by Crippen LogP contribution is -2.67. The van der Waals surface area contributed by atoms with E-state index in [1.165, 1.54) is 123 Å². The first kappa shape index (κ1) is 34.9. The SMILES string of the molecule is O=C(N[C@H]1[C@H](OC(=O)c2cccnc2)O[C@H](COC(=O)c2cccnc2)[C@@H](OC(=O)c2cccnc2)[C@@H]1OC(=O)c1cccnc1)c1cccnc1. The van der Waals surface area contributed by atoms with Crippen molar-refractivity contribution in [3.05, 3.63) is 150 Å². The number of pyridine rings is 5. The van der Waals surface area contributed by atoms with Crippen molar-refractivity contribution in [2.45, 2.75) is 30.6 Å². The van der Waals surface area contributed by atoms with Gasteiger partial charge in [-0.15, -0.1) is 0 Å². The number of nitrogens with zero attached hydrogens (tertiary/aromatic N) is 5. The third-order valence-corrected chi connectivity index (χ3v) is 7.54. The number of aromatic nitrogens is 5. The van der Waals surface area contributed by atoms with E-state index in [9.17, 15) is 24.0 Å². The molecule has 5 aromatic rings. The van der Waals surface area contributed by atoms with Gasteiger partial charge < -0.3 is 29.0 Å². The fraction of sp³-hybridized carbons (Fsp3) is 0.167. The quantitative estimate of drug-likeness (QED) is 0.155.